The van der Waals surface area contributed by atoms with Gasteiger partial charge in [-0.1, -0.05) is 11.6 Å². The quantitative estimate of drug-likeness (QED) is 0.639. The Morgan fingerprint density at radius 1 is 1.10 bits per heavy atom. The molecule has 0 aliphatic heterocycles. The Kier molecular flexibility index (Phi) is 4.81. The molecule has 21 heavy (non-hydrogen) atoms. The SMILES string of the molecule is C[C@H](Oc1ccc(Cl)cc1)C(=O)Oc1ccc(C#N)cc1. The van der Waals surface area contributed by atoms with Gasteiger partial charge in [0.2, 0.25) is 0 Å². The lowest BCUT2D eigenvalue weighted by Gasteiger charge is -2.13. The fourth-order valence-electron chi connectivity index (χ4n) is 1.56. The van der Waals surface area contributed by atoms with Gasteiger partial charge in [-0.05, 0) is 55.5 Å². The number of halogens is 1. The van der Waals surface area contributed by atoms with Crippen LogP contribution in [0.25, 0.3) is 0 Å². The van der Waals surface area contributed by atoms with Gasteiger partial charge < -0.3 is 9.47 Å². The molecule has 0 unspecified atom stereocenters. The Labute approximate surface area is 127 Å². The molecule has 5 heteroatoms. The maximum atomic E-state index is 11.9. The van der Waals surface area contributed by atoms with Crippen LogP contribution in [0.3, 0.4) is 0 Å². The minimum Gasteiger partial charge on any atom is -0.479 e. The summed E-state index contributed by atoms with van der Waals surface area (Å²) in [6.45, 7) is 1.60. The first kappa shape index (κ1) is 14.9. The molecule has 0 amide bonds. The van der Waals surface area contributed by atoms with Gasteiger partial charge in [-0.3, -0.25) is 0 Å². The molecular formula is C16H12ClNO3. The van der Waals surface area contributed by atoms with Gasteiger partial charge in [0.1, 0.15) is 11.5 Å². The molecule has 0 aromatic heterocycles. The van der Waals surface area contributed by atoms with Crippen LogP contribution in [0, 0.1) is 11.3 Å². The van der Waals surface area contributed by atoms with E-state index < -0.39 is 12.1 Å². The predicted octanol–water partition coefficient (Wildman–Crippen LogP) is 3.58. The Hall–Kier alpha value is -2.51. The van der Waals surface area contributed by atoms with Crippen molar-refractivity contribution in [1.82, 2.24) is 0 Å². The summed E-state index contributed by atoms with van der Waals surface area (Å²) in [6.07, 6.45) is -0.762. The first-order valence-corrected chi connectivity index (χ1v) is 6.60. The first-order chi connectivity index (χ1) is 10.1. The van der Waals surface area contributed by atoms with Crippen molar-refractivity contribution in [2.45, 2.75) is 13.0 Å². The van der Waals surface area contributed by atoms with Crippen molar-refractivity contribution in [3.63, 3.8) is 0 Å². The van der Waals surface area contributed by atoms with Gasteiger partial charge in [0.15, 0.2) is 6.10 Å². The Morgan fingerprint density at radius 3 is 2.24 bits per heavy atom. The lowest BCUT2D eigenvalue weighted by atomic mass is 10.2. The zero-order chi connectivity index (χ0) is 15.2. The van der Waals surface area contributed by atoms with E-state index in [-0.39, 0.29) is 0 Å². The number of hydrogen-bond acceptors (Lipinski definition) is 4. The summed E-state index contributed by atoms with van der Waals surface area (Å²) in [5.74, 6) is 0.379. The lowest BCUT2D eigenvalue weighted by molar-refractivity contribution is -0.141. The summed E-state index contributed by atoms with van der Waals surface area (Å²) in [5, 5.41) is 9.29. The standard InChI is InChI=1S/C16H12ClNO3/c1-11(20-14-8-4-13(17)5-9-14)16(19)21-15-6-2-12(10-18)3-7-15/h2-9,11H,1H3/t11-/m0/s1. The third-order valence-electron chi connectivity index (χ3n) is 2.66. The molecule has 0 aliphatic carbocycles. The van der Waals surface area contributed by atoms with Crippen molar-refractivity contribution < 1.29 is 14.3 Å². The van der Waals surface area contributed by atoms with E-state index in [0.717, 1.165) is 0 Å². The van der Waals surface area contributed by atoms with Crippen LogP contribution in [0.15, 0.2) is 48.5 Å². The lowest BCUT2D eigenvalue weighted by Crippen LogP contribution is -2.28. The van der Waals surface area contributed by atoms with Gasteiger partial charge in [-0.25, -0.2) is 4.79 Å². The average molecular weight is 302 g/mol. The van der Waals surface area contributed by atoms with Crippen LogP contribution < -0.4 is 9.47 Å². The Morgan fingerprint density at radius 2 is 1.67 bits per heavy atom. The maximum Gasteiger partial charge on any atom is 0.352 e. The third-order valence-corrected chi connectivity index (χ3v) is 2.91. The molecule has 0 aliphatic rings. The first-order valence-electron chi connectivity index (χ1n) is 6.22. The maximum absolute atomic E-state index is 11.9. The molecule has 0 saturated heterocycles. The molecule has 0 saturated carbocycles. The second-order valence-corrected chi connectivity index (χ2v) is 4.71. The monoisotopic (exact) mass is 301 g/mol. The van der Waals surface area contributed by atoms with Crippen LogP contribution in [-0.4, -0.2) is 12.1 Å². The number of nitrogens with zero attached hydrogens (tertiary/aromatic N) is 1. The van der Waals surface area contributed by atoms with E-state index in [2.05, 4.69) is 0 Å². The smallest absolute Gasteiger partial charge is 0.352 e. The number of rotatable bonds is 4. The molecule has 0 fully saturated rings. The molecule has 0 radical (unpaired) electrons. The minimum atomic E-state index is -0.762. The van der Waals surface area contributed by atoms with Gasteiger partial charge in [0, 0.05) is 5.02 Å². The van der Waals surface area contributed by atoms with E-state index in [1.807, 2.05) is 6.07 Å². The Bertz CT molecular complexity index is 659. The highest BCUT2D eigenvalue weighted by atomic mass is 35.5. The number of esters is 1. The molecule has 0 N–H and O–H groups in total. The number of ether oxygens (including phenoxy) is 2. The summed E-state index contributed by atoms with van der Waals surface area (Å²) in [7, 11) is 0. The zero-order valence-corrected chi connectivity index (χ0v) is 12.0. The predicted molar refractivity (Wildman–Crippen MR) is 78.3 cm³/mol. The number of nitriles is 1. The fraction of sp³-hybridized carbons (Fsp3) is 0.125. The van der Waals surface area contributed by atoms with E-state index in [0.29, 0.717) is 22.1 Å². The van der Waals surface area contributed by atoms with Gasteiger partial charge in [-0.2, -0.15) is 5.26 Å². The normalized spacial score (nSPS) is 11.3. The van der Waals surface area contributed by atoms with E-state index in [1.165, 1.54) is 0 Å². The van der Waals surface area contributed by atoms with Crippen molar-refractivity contribution in [2.24, 2.45) is 0 Å². The number of hydrogen-bond donors (Lipinski definition) is 0. The van der Waals surface area contributed by atoms with E-state index >= 15 is 0 Å². The van der Waals surface area contributed by atoms with Crippen LogP contribution in [0.1, 0.15) is 12.5 Å². The summed E-state index contributed by atoms with van der Waals surface area (Å²) >= 11 is 5.77. The molecule has 1 atom stereocenters. The van der Waals surface area contributed by atoms with Crippen molar-refractivity contribution in [3.8, 4) is 17.6 Å². The third kappa shape index (κ3) is 4.23. The second kappa shape index (κ2) is 6.78. The zero-order valence-electron chi connectivity index (χ0n) is 11.2. The highest BCUT2D eigenvalue weighted by molar-refractivity contribution is 6.30. The van der Waals surface area contributed by atoms with Crippen molar-refractivity contribution in [3.05, 3.63) is 59.1 Å². The summed E-state index contributed by atoms with van der Waals surface area (Å²) in [4.78, 5) is 11.9. The molecule has 0 spiro atoms. The number of carbonyl (C=O) groups excluding carboxylic acids is 1. The van der Waals surface area contributed by atoms with E-state index in [4.69, 9.17) is 26.3 Å². The van der Waals surface area contributed by atoms with Gasteiger partial charge in [0.05, 0.1) is 11.6 Å². The molecule has 4 nitrogen and oxygen atoms in total. The fourth-order valence-corrected chi connectivity index (χ4v) is 1.69. The average Bonchev–Trinajstić information content (AvgIpc) is 2.50. The molecular weight excluding hydrogens is 290 g/mol. The van der Waals surface area contributed by atoms with Gasteiger partial charge >= 0.3 is 5.97 Å². The van der Waals surface area contributed by atoms with Crippen LogP contribution in [-0.2, 0) is 4.79 Å². The van der Waals surface area contributed by atoms with E-state index in [9.17, 15) is 4.79 Å². The topological polar surface area (TPSA) is 59.3 Å². The molecule has 2 aromatic rings. The highest BCUT2D eigenvalue weighted by Crippen LogP contribution is 2.18. The van der Waals surface area contributed by atoms with Crippen molar-refractivity contribution in [2.75, 3.05) is 0 Å². The molecule has 2 aromatic carbocycles. The second-order valence-electron chi connectivity index (χ2n) is 4.27. The largest absolute Gasteiger partial charge is 0.479 e. The Balaban J connectivity index is 1.95. The van der Waals surface area contributed by atoms with Crippen LogP contribution in [0.2, 0.25) is 5.02 Å². The molecule has 0 heterocycles. The van der Waals surface area contributed by atoms with Crippen molar-refractivity contribution in [1.29, 1.82) is 5.26 Å². The van der Waals surface area contributed by atoms with Crippen LogP contribution >= 0.6 is 11.6 Å². The number of benzene rings is 2. The van der Waals surface area contributed by atoms with Gasteiger partial charge in [-0.15, -0.1) is 0 Å². The van der Waals surface area contributed by atoms with Crippen molar-refractivity contribution >= 4 is 17.6 Å². The summed E-state index contributed by atoms with van der Waals surface area (Å²) < 4.78 is 10.6. The molecule has 2 rings (SSSR count). The summed E-state index contributed by atoms with van der Waals surface area (Å²) in [6, 6.07) is 15.0. The molecule has 0 bridgehead atoms. The van der Waals surface area contributed by atoms with Crippen LogP contribution in [0.4, 0.5) is 0 Å². The molecule has 106 valence electrons. The number of carbonyl (C=O) groups is 1. The van der Waals surface area contributed by atoms with E-state index in [1.54, 1.807) is 55.5 Å². The van der Waals surface area contributed by atoms with Gasteiger partial charge in [0.25, 0.3) is 0 Å². The summed E-state index contributed by atoms with van der Waals surface area (Å²) in [5.41, 5.74) is 0.500. The van der Waals surface area contributed by atoms with Crippen LogP contribution in [0.5, 0.6) is 11.5 Å². The minimum absolute atomic E-state index is 0.366. The highest BCUT2D eigenvalue weighted by Gasteiger charge is 2.17.